The van der Waals surface area contributed by atoms with Crippen molar-refractivity contribution in [3.8, 4) is 11.8 Å². The topological polar surface area (TPSA) is 99.5 Å². The number of nitriles is 1. The molecular formula is C26H18IN3O4. The number of urea groups is 1. The molecule has 34 heavy (non-hydrogen) atoms. The summed E-state index contributed by atoms with van der Waals surface area (Å²) >= 11 is 2.10. The first-order chi connectivity index (χ1) is 16.4. The Labute approximate surface area is 209 Å². The van der Waals surface area contributed by atoms with Crippen LogP contribution < -0.4 is 15.0 Å². The lowest BCUT2D eigenvalue weighted by Crippen LogP contribution is -2.54. The predicted octanol–water partition coefficient (Wildman–Crippen LogP) is 4.72. The van der Waals surface area contributed by atoms with E-state index in [4.69, 9.17) is 4.74 Å². The molecule has 0 radical (unpaired) electrons. The highest BCUT2D eigenvalue weighted by molar-refractivity contribution is 14.1. The van der Waals surface area contributed by atoms with Gasteiger partial charge in [-0.25, -0.2) is 9.69 Å². The van der Waals surface area contributed by atoms with Gasteiger partial charge in [0, 0.05) is 5.56 Å². The average Bonchev–Trinajstić information content (AvgIpc) is 2.82. The maximum Gasteiger partial charge on any atom is 0.335 e. The van der Waals surface area contributed by atoms with Gasteiger partial charge in [-0.2, -0.15) is 5.26 Å². The summed E-state index contributed by atoms with van der Waals surface area (Å²) in [6.45, 7) is 2.13. The first-order valence-electron chi connectivity index (χ1n) is 10.3. The second kappa shape index (κ2) is 9.89. The van der Waals surface area contributed by atoms with Crippen LogP contribution in [0.5, 0.6) is 5.75 Å². The molecule has 0 aromatic heterocycles. The maximum absolute atomic E-state index is 13.0. The van der Waals surface area contributed by atoms with E-state index in [1.54, 1.807) is 54.6 Å². The summed E-state index contributed by atoms with van der Waals surface area (Å²) in [4.78, 5) is 38.7. The minimum atomic E-state index is -0.785. The van der Waals surface area contributed by atoms with Crippen molar-refractivity contribution in [2.75, 3.05) is 4.90 Å². The zero-order valence-electron chi connectivity index (χ0n) is 18.0. The summed E-state index contributed by atoms with van der Waals surface area (Å²) < 4.78 is 6.63. The van der Waals surface area contributed by atoms with Crippen molar-refractivity contribution >= 4 is 52.2 Å². The zero-order valence-corrected chi connectivity index (χ0v) is 20.2. The monoisotopic (exact) mass is 563 g/mol. The molecule has 1 aliphatic heterocycles. The Hall–Kier alpha value is -3.97. The Bertz CT molecular complexity index is 1370. The van der Waals surface area contributed by atoms with Gasteiger partial charge in [0.2, 0.25) is 0 Å². The highest BCUT2D eigenvalue weighted by Crippen LogP contribution is 2.26. The van der Waals surface area contributed by atoms with Crippen molar-refractivity contribution in [1.29, 1.82) is 5.26 Å². The first kappa shape index (κ1) is 23.2. The number of carbonyl (C=O) groups excluding carboxylic acids is 3. The second-order valence-electron chi connectivity index (χ2n) is 7.54. The van der Waals surface area contributed by atoms with E-state index in [2.05, 4.69) is 34.0 Å². The van der Waals surface area contributed by atoms with E-state index in [0.29, 0.717) is 22.6 Å². The molecule has 1 heterocycles. The van der Waals surface area contributed by atoms with Gasteiger partial charge >= 0.3 is 6.03 Å². The molecule has 1 fully saturated rings. The van der Waals surface area contributed by atoms with Gasteiger partial charge in [-0.05, 0) is 71.5 Å². The number of aryl methyl sites for hydroxylation is 1. The Morgan fingerprint density at radius 1 is 1.06 bits per heavy atom. The number of amides is 4. The summed E-state index contributed by atoms with van der Waals surface area (Å²) in [5.41, 5.74) is 3.14. The highest BCUT2D eigenvalue weighted by atomic mass is 127. The maximum atomic E-state index is 13.0. The number of rotatable bonds is 5. The van der Waals surface area contributed by atoms with Crippen LogP contribution in [0, 0.1) is 21.8 Å². The zero-order chi connectivity index (χ0) is 24.2. The molecule has 1 saturated heterocycles. The number of anilines is 1. The smallest absolute Gasteiger partial charge is 0.335 e. The summed E-state index contributed by atoms with van der Waals surface area (Å²) in [5.74, 6) is -0.839. The van der Waals surface area contributed by atoms with Crippen LogP contribution in [0.1, 0.15) is 22.3 Å². The fraction of sp³-hybridized carbons (Fsp3) is 0.0769. The molecule has 7 nitrogen and oxygen atoms in total. The van der Waals surface area contributed by atoms with Crippen molar-refractivity contribution in [3.63, 3.8) is 0 Å². The van der Waals surface area contributed by atoms with E-state index >= 15 is 0 Å². The summed E-state index contributed by atoms with van der Waals surface area (Å²) in [6.07, 6.45) is 1.45. The molecule has 168 valence electrons. The van der Waals surface area contributed by atoms with Gasteiger partial charge in [-0.1, -0.05) is 42.0 Å². The van der Waals surface area contributed by atoms with Crippen LogP contribution in [0.4, 0.5) is 10.5 Å². The van der Waals surface area contributed by atoms with E-state index < -0.39 is 17.8 Å². The van der Waals surface area contributed by atoms with Gasteiger partial charge in [0.05, 0.1) is 20.9 Å². The number of imide groups is 2. The van der Waals surface area contributed by atoms with Gasteiger partial charge in [-0.15, -0.1) is 0 Å². The average molecular weight is 563 g/mol. The van der Waals surface area contributed by atoms with Crippen molar-refractivity contribution in [1.82, 2.24) is 5.32 Å². The lowest BCUT2D eigenvalue weighted by atomic mass is 10.1. The number of carbonyl (C=O) groups is 3. The Balaban J connectivity index is 1.56. The molecule has 0 saturated carbocycles. The van der Waals surface area contributed by atoms with Crippen molar-refractivity contribution in [2.45, 2.75) is 13.5 Å². The number of hydrogen-bond acceptors (Lipinski definition) is 5. The molecule has 4 amide bonds. The van der Waals surface area contributed by atoms with Crippen LogP contribution in [0.25, 0.3) is 6.08 Å². The van der Waals surface area contributed by atoms with Gasteiger partial charge in [-0.3, -0.25) is 14.9 Å². The third-order valence-electron chi connectivity index (χ3n) is 5.18. The Morgan fingerprint density at radius 3 is 2.50 bits per heavy atom. The number of ether oxygens (including phenoxy) is 1. The summed E-state index contributed by atoms with van der Waals surface area (Å²) in [6, 6.07) is 20.7. The lowest BCUT2D eigenvalue weighted by molar-refractivity contribution is -0.122. The summed E-state index contributed by atoms with van der Waals surface area (Å²) in [7, 11) is 0. The van der Waals surface area contributed by atoms with Crippen LogP contribution in [-0.4, -0.2) is 17.8 Å². The van der Waals surface area contributed by atoms with Crippen molar-refractivity contribution < 1.29 is 19.1 Å². The van der Waals surface area contributed by atoms with Crippen LogP contribution >= 0.6 is 22.6 Å². The molecule has 0 atom stereocenters. The number of nitrogens with zero attached hydrogens (tertiary/aromatic N) is 2. The standard InChI is InChI=1S/C26H18IN3O4/c1-16-6-9-20(10-7-16)30-25(32)21(24(31)29-26(30)33)12-17-8-11-23(22(27)13-17)34-15-19-5-3-2-4-18(19)14-28/h2-13H,15H2,1H3,(H,29,31,33)/b21-12+. The van der Waals surface area contributed by atoms with E-state index in [-0.39, 0.29) is 12.2 Å². The van der Waals surface area contributed by atoms with E-state index in [9.17, 15) is 19.6 Å². The molecule has 0 unspecified atom stereocenters. The predicted molar refractivity (Wildman–Crippen MR) is 135 cm³/mol. The summed E-state index contributed by atoms with van der Waals surface area (Å²) in [5, 5.41) is 11.5. The molecule has 4 rings (SSSR count). The first-order valence-corrected chi connectivity index (χ1v) is 11.3. The van der Waals surface area contributed by atoms with Gasteiger partial charge < -0.3 is 4.74 Å². The van der Waals surface area contributed by atoms with Crippen molar-refractivity contribution in [2.24, 2.45) is 0 Å². The Kier molecular flexibility index (Phi) is 6.75. The Morgan fingerprint density at radius 2 is 1.79 bits per heavy atom. The quantitative estimate of drug-likeness (QED) is 0.275. The number of barbiturate groups is 1. The van der Waals surface area contributed by atoms with Crippen LogP contribution in [0.3, 0.4) is 0 Å². The molecule has 1 aliphatic rings. The van der Waals surface area contributed by atoms with Crippen LogP contribution in [0.15, 0.2) is 72.3 Å². The van der Waals surface area contributed by atoms with E-state index in [1.807, 2.05) is 19.1 Å². The minimum Gasteiger partial charge on any atom is -0.488 e. The van der Waals surface area contributed by atoms with Gasteiger partial charge in [0.25, 0.3) is 11.8 Å². The number of hydrogen-bond donors (Lipinski definition) is 1. The fourth-order valence-electron chi connectivity index (χ4n) is 3.39. The molecule has 0 spiro atoms. The van der Waals surface area contributed by atoms with Crippen LogP contribution in [0.2, 0.25) is 0 Å². The number of benzene rings is 3. The fourth-order valence-corrected chi connectivity index (χ4v) is 4.08. The third-order valence-corrected chi connectivity index (χ3v) is 6.02. The minimum absolute atomic E-state index is 0.146. The van der Waals surface area contributed by atoms with Gasteiger partial charge in [0.1, 0.15) is 17.9 Å². The molecule has 8 heteroatoms. The van der Waals surface area contributed by atoms with Crippen LogP contribution in [-0.2, 0) is 16.2 Å². The molecule has 3 aromatic rings. The molecule has 3 aromatic carbocycles. The SMILES string of the molecule is Cc1ccc(N2C(=O)NC(=O)/C(=C\c3ccc(OCc4ccccc4C#N)c(I)c3)C2=O)cc1. The lowest BCUT2D eigenvalue weighted by Gasteiger charge is -2.26. The number of halogens is 1. The van der Waals surface area contributed by atoms with Gasteiger partial charge in [0.15, 0.2) is 0 Å². The third kappa shape index (κ3) is 4.84. The highest BCUT2D eigenvalue weighted by Gasteiger charge is 2.36. The molecule has 1 N–H and O–H groups in total. The second-order valence-corrected chi connectivity index (χ2v) is 8.70. The molecular weight excluding hydrogens is 545 g/mol. The normalized spacial score (nSPS) is 14.7. The number of nitrogens with one attached hydrogen (secondary N) is 1. The largest absolute Gasteiger partial charge is 0.488 e. The van der Waals surface area contributed by atoms with E-state index in [0.717, 1.165) is 19.6 Å². The molecule has 0 aliphatic carbocycles. The van der Waals surface area contributed by atoms with E-state index in [1.165, 1.54) is 6.08 Å². The molecule has 0 bridgehead atoms. The van der Waals surface area contributed by atoms with Crippen molar-refractivity contribution in [3.05, 3.63) is 98.1 Å².